The normalized spacial score (nSPS) is 23.6. The lowest BCUT2D eigenvalue weighted by Gasteiger charge is -2.22. The van der Waals surface area contributed by atoms with Crippen LogP contribution < -0.4 is 10.6 Å². The summed E-state index contributed by atoms with van der Waals surface area (Å²) >= 11 is 0. The molecule has 1 unspecified atom stereocenters. The molecule has 0 saturated carbocycles. The smallest absolute Gasteiger partial charge is 0.219 e. The minimum atomic E-state index is 0.155. The predicted octanol–water partition coefficient (Wildman–Crippen LogP) is 0.655. The Kier molecular flexibility index (Phi) is 4.08. The van der Waals surface area contributed by atoms with Gasteiger partial charge in [0.25, 0.3) is 0 Å². The Morgan fingerprint density at radius 1 is 1.58 bits per heavy atom. The van der Waals surface area contributed by atoms with E-state index in [1.165, 1.54) is 19.3 Å². The van der Waals surface area contributed by atoms with Gasteiger partial charge in [0.05, 0.1) is 0 Å². The Labute approximate surface area is 73.9 Å². The highest BCUT2D eigenvalue weighted by Crippen LogP contribution is 2.11. The van der Waals surface area contributed by atoms with Gasteiger partial charge in [0, 0.05) is 19.5 Å². The summed E-state index contributed by atoms with van der Waals surface area (Å²) in [7, 11) is 1.69. The third kappa shape index (κ3) is 3.22. The Morgan fingerprint density at radius 2 is 2.42 bits per heavy atom. The van der Waals surface area contributed by atoms with Crippen LogP contribution in [0.5, 0.6) is 0 Å². The largest absolute Gasteiger partial charge is 0.359 e. The van der Waals surface area contributed by atoms with Gasteiger partial charge in [0.15, 0.2) is 0 Å². The second kappa shape index (κ2) is 5.14. The lowest BCUT2D eigenvalue weighted by Crippen LogP contribution is -2.35. The highest BCUT2D eigenvalue weighted by molar-refractivity contribution is 5.75. The Balaban J connectivity index is 2.09. The van der Waals surface area contributed by atoms with E-state index in [4.69, 9.17) is 0 Å². The first kappa shape index (κ1) is 9.52. The van der Waals surface area contributed by atoms with E-state index in [1.807, 2.05) is 0 Å². The third-order valence-electron chi connectivity index (χ3n) is 2.41. The minimum Gasteiger partial charge on any atom is -0.359 e. The zero-order chi connectivity index (χ0) is 8.81. The quantitative estimate of drug-likeness (QED) is 0.653. The number of amides is 1. The Morgan fingerprint density at radius 3 is 3.00 bits per heavy atom. The van der Waals surface area contributed by atoms with Crippen LogP contribution in [0.3, 0.4) is 0 Å². The van der Waals surface area contributed by atoms with Crippen LogP contribution in [0.2, 0.25) is 0 Å². The van der Waals surface area contributed by atoms with Crippen molar-refractivity contribution in [2.75, 3.05) is 13.6 Å². The first-order valence-electron chi connectivity index (χ1n) is 4.77. The molecule has 1 saturated heterocycles. The second-order valence-electron chi connectivity index (χ2n) is 3.36. The molecule has 1 fully saturated rings. The van der Waals surface area contributed by atoms with Crippen molar-refractivity contribution in [1.82, 2.24) is 10.6 Å². The van der Waals surface area contributed by atoms with Crippen LogP contribution in [0.25, 0.3) is 0 Å². The van der Waals surface area contributed by atoms with E-state index in [2.05, 4.69) is 10.6 Å². The summed E-state index contributed by atoms with van der Waals surface area (Å²) in [6, 6.07) is 0.580. The Bertz CT molecular complexity index is 141. The van der Waals surface area contributed by atoms with E-state index in [9.17, 15) is 4.79 Å². The molecular formula is C9H18N2O. The molecule has 1 amide bonds. The maximum Gasteiger partial charge on any atom is 0.219 e. The van der Waals surface area contributed by atoms with Crippen LogP contribution in [-0.4, -0.2) is 25.5 Å². The lowest BCUT2D eigenvalue weighted by molar-refractivity contribution is -0.120. The van der Waals surface area contributed by atoms with Crippen molar-refractivity contribution in [3.05, 3.63) is 0 Å². The molecular weight excluding hydrogens is 152 g/mol. The van der Waals surface area contributed by atoms with Gasteiger partial charge in [-0.05, 0) is 25.8 Å². The van der Waals surface area contributed by atoms with Crippen LogP contribution in [0, 0.1) is 0 Å². The zero-order valence-corrected chi connectivity index (χ0v) is 7.73. The molecule has 0 aromatic heterocycles. The first-order valence-corrected chi connectivity index (χ1v) is 4.77. The van der Waals surface area contributed by atoms with Crippen LogP contribution >= 0.6 is 0 Å². The number of piperidine rings is 1. The topological polar surface area (TPSA) is 41.1 Å². The first-order chi connectivity index (χ1) is 5.83. The molecule has 1 heterocycles. The standard InChI is InChI=1S/C9H18N2O/c1-10-9(12)6-5-8-4-2-3-7-11-8/h8,11H,2-7H2,1H3,(H,10,12). The fourth-order valence-electron chi connectivity index (χ4n) is 1.60. The van der Waals surface area contributed by atoms with Crippen LogP contribution in [0.4, 0.5) is 0 Å². The predicted molar refractivity (Wildman–Crippen MR) is 48.9 cm³/mol. The van der Waals surface area contributed by atoms with Crippen molar-refractivity contribution < 1.29 is 4.79 Å². The van der Waals surface area contributed by atoms with Crippen LogP contribution in [0.1, 0.15) is 32.1 Å². The van der Waals surface area contributed by atoms with Gasteiger partial charge in [0.2, 0.25) is 5.91 Å². The summed E-state index contributed by atoms with van der Waals surface area (Å²) in [5.74, 6) is 0.155. The van der Waals surface area contributed by atoms with Crippen LogP contribution in [-0.2, 0) is 4.79 Å². The SMILES string of the molecule is CNC(=O)CCC1CCCCN1. The van der Waals surface area contributed by atoms with Crippen molar-refractivity contribution in [3.8, 4) is 0 Å². The zero-order valence-electron chi connectivity index (χ0n) is 7.73. The number of hydrogen-bond donors (Lipinski definition) is 2. The van der Waals surface area contributed by atoms with Gasteiger partial charge in [-0.25, -0.2) is 0 Å². The molecule has 1 atom stereocenters. The van der Waals surface area contributed by atoms with E-state index < -0.39 is 0 Å². The van der Waals surface area contributed by atoms with Crippen molar-refractivity contribution >= 4 is 5.91 Å². The number of carbonyl (C=O) groups excluding carboxylic acids is 1. The maximum absolute atomic E-state index is 10.9. The summed E-state index contributed by atoms with van der Waals surface area (Å²) in [5.41, 5.74) is 0. The van der Waals surface area contributed by atoms with E-state index in [0.717, 1.165) is 13.0 Å². The molecule has 0 radical (unpaired) electrons. The highest BCUT2D eigenvalue weighted by atomic mass is 16.1. The maximum atomic E-state index is 10.9. The number of rotatable bonds is 3. The van der Waals surface area contributed by atoms with Crippen molar-refractivity contribution in [2.24, 2.45) is 0 Å². The molecule has 70 valence electrons. The molecule has 0 aromatic carbocycles. The van der Waals surface area contributed by atoms with Gasteiger partial charge in [-0.1, -0.05) is 6.42 Å². The van der Waals surface area contributed by atoms with Crippen molar-refractivity contribution in [3.63, 3.8) is 0 Å². The monoisotopic (exact) mass is 170 g/mol. The van der Waals surface area contributed by atoms with Gasteiger partial charge in [0.1, 0.15) is 0 Å². The van der Waals surface area contributed by atoms with E-state index >= 15 is 0 Å². The second-order valence-corrected chi connectivity index (χ2v) is 3.36. The molecule has 0 spiro atoms. The molecule has 3 nitrogen and oxygen atoms in total. The van der Waals surface area contributed by atoms with Gasteiger partial charge < -0.3 is 10.6 Å². The summed E-state index contributed by atoms with van der Waals surface area (Å²) in [4.78, 5) is 10.9. The van der Waals surface area contributed by atoms with Gasteiger partial charge in [-0.15, -0.1) is 0 Å². The highest BCUT2D eigenvalue weighted by Gasteiger charge is 2.12. The van der Waals surface area contributed by atoms with Gasteiger partial charge in [-0.2, -0.15) is 0 Å². The number of carbonyl (C=O) groups is 1. The summed E-state index contributed by atoms with van der Waals surface area (Å²) in [6.07, 6.45) is 5.48. The molecule has 1 rings (SSSR count). The Hall–Kier alpha value is -0.570. The van der Waals surface area contributed by atoms with E-state index in [0.29, 0.717) is 12.5 Å². The van der Waals surface area contributed by atoms with E-state index in [-0.39, 0.29) is 5.91 Å². The summed E-state index contributed by atoms with van der Waals surface area (Å²) in [5, 5.41) is 6.06. The summed E-state index contributed by atoms with van der Waals surface area (Å²) in [6.45, 7) is 1.12. The molecule has 1 aliphatic rings. The van der Waals surface area contributed by atoms with E-state index in [1.54, 1.807) is 7.05 Å². The molecule has 3 heteroatoms. The molecule has 0 aromatic rings. The number of nitrogens with one attached hydrogen (secondary N) is 2. The third-order valence-corrected chi connectivity index (χ3v) is 2.41. The molecule has 0 aliphatic carbocycles. The van der Waals surface area contributed by atoms with Crippen molar-refractivity contribution in [1.29, 1.82) is 0 Å². The minimum absolute atomic E-state index is 0.155. The molecule has 0 bridgehead atoms. The molecule has 2 N–H and O–H groups in total. The fraction of sp³-hybridized carbons (Fsp3) is 0.889. The molecule has 1 aliphatic heterocycles. The van der Waals surface area contributed by atoms with Crippen LogP contribution in [0.15, 0.2) is 0 Å². The van der Waals surface area contributed by atoms with Gasteiger partial charge >= 0.3 is 0 Å². The average molecular weight is 170 g/mol. The fourth-order valence-corrected chi connectivity index (χ4v) is 1.60. The average Bonchev–Trinajstić information content (AvgIpc) is 2.16. The molecule has 12 heavy (non-hydrogen) atoms. The summed E-state index contributed by atoms with van der Waals surface area (Å²) < 4.78 is 0. The van der Waals surface area contributed by atoms with Crippen molar-refractivity contribution in [2.45, 2.75) is 38.1 Å². The lowest BCUT2D eigenvalue weighted by atomic mass is 10.0. The number of hydrogen-bond acceptors (Lipinski definition) is 2. The van der Waals surface area contributed by atoms with Gasteiger partial charge in [-0.3, -0.25) is 4.79 Å².